The zero-order chi connectivity index (χ0) is 13.9. The second-order valence-electron chi connectivity index (χ2n) is 3.38. The van der Waals surface area contributed by atoms with Crippen LogP contribution in [0.2, 0.25) is 0 Å². The Morgan fingerprint density at radius 2 is 1.89 bits per heavy atom. The highest BCUT2D eigenvalue weighted by Gasteiger charge is 2.25. The first-order chi connectivity index (χ1) is 8.34. The molecule has 0 saturated carbocycles. The van der Waals surface area contributed by atoms with Crippen molar-refractivity contribution in [1.29, 1.82) is 0 Å². The Balaban J connectivity index is 3.32. The maximum atomic E-state index is 12.7. The highest BCUT2D eigenvalue weighted by molar-refractivity contribution is 9.10. The molecule has 0 N–H and O–H groups in total. The minimum Gasteiger partial charge on any atom is -0.434 e. The molecule has 0 bridgehead atoms. The predicted molar refractivity (Wildman–Crippen MR) is 60.8 cm³/mol. The van der Waals surface area contributed by atoms with Gasteiger partial charge in [0, 0.05) is 0 Å². The van der Waals surface area contributed by atoms with Crippen molar-refractivity contribution in [3.05, 3.63) is 29.3 Å². The summed E-state index contributed by atoms with van der Waals surface area (Å²) in [5.74, 6) is -1.37. The molecule has 1 atom stereocenters. The van der Waals surface area contributed by atoms with Gasteiger partial charge in [0.15, 0.2) is 5.78 Å². The van der Waals surface area contributed by atoms with Gasteiger partial charge in [-0.15, -0.1) is 0 Å². The Morgan fingerprint density at radius 1 is 1.28 bits per heavy atom. The van der Waals surface area contributed by atoms with Crippen molar-refractivity contribution < 1.29 is 27.1 Å². The van der Waals surface area contributed by atoms with Gasteiger partial charge in [-0.1, -0.05) is 22.0 Å². The minimum absolute atomic E-state index is 0.294. The summed E-state index contributed by atoms with van der Waals surface area (Å²) in [6.45, 7) is -1.81. The summed E-state index contributed by atoms with van der Waals surface area (Å²) in [4.78, 5) is 11.0. The molecule has 0 aliphatic carbocycles. The third-order valence-electron chi connectivity index (χ3n) is 2.11. The van der Waals surface area contributed by atoms with Crippen LogP contribution in [0, 0.1) is 0 Å². The molecule has 2 nitrogen and oxygen atoms in total. The van der Waals surface area contributed by atoms with Gasteiger partial charge in [-0.3, -0.25) is 4.79 Å². The Bertz CT molecular complexity index is 435. The van der Waals surface area contributed by atoms with E-state index in [1.54, 1.807) is 0 Å². The number of benzene rings is 1. The van der Waals surface area contributed by atoms with Crippen LogP contribution in [-0.2, 0) is 0 Å². The standard InChI is InChI=1S/C11H9BrF4O2/c1-5(12)8(17)6-3-2-4-7(10(13)14)9(6)18-11(15)16/h2-5,10-11H,1H3. The molecule has 18 heavy (non-hydrogen) atoms. The van der Waals surface area contributed by atoms with Gasteiger partial charge in [0.1, 0.15) is 5.75 Å². The average Bonchev–Trinajstić information content (AvgIpc) is 2.27. The number of carbonyl (C=O) groups excluding carboxylic acids is 1. The minimum atomic E-state index is -3.28. The number of alkyl halides is 5. The van der Waals surface area contributed by atoms with Crippen molar-refractivity contribution in [3.63, 3.8) is 0 Å². The van der Waals surface area contributed by atoms with E-state index in [9.17, 15) is 22.4 Å². The second kappa shape index (κ2) is 6.17. The van der Waals surface area contributed by atoms with Crippen LogP contribution in [0.5, 0.6) is 5.75 Å². The lowest BCUT2D eigenvalue weighted by Crippen LogP contribution is -2.15. The number of Topliss-reactive ketones (excluding diaryl/α,β-unsaturated/α-hetero) is 1. The van der Waals surface area contributed by atoms with E-state index in [0.29, 0.717) is 0 Å². The van der Waals surface area contributed by atoms with Crippen molar-refractivity contribution in [2.24, 2.45) is 0 Å². The number of hydrogen-bond acceptors (Lipinski definition) is 2. The number of para-hydroxylation sites is 1. The molecule has 0 radical (unpaired) electrons. The molecule has 0 aliphatic heterocycles. The first-order valence-electron chi connectivity index (χ1n) is 4.88. The monoisotopic (exact) mass is 328 g/mol. The summed E-state index contributed by atoms with van der Waals surface area (Å²) < 4.78 is 53.8. The SMILES string of the molecule is CC(Br)C(=O)c1cccc(C(F)F)c1OC(F)F. The predicted octanol–water partition coefficient (Wildman–Crippen LogP) is 4.19. The van der Waals surface area contributed by atoms with Crippen molar-refractivity contribution in [2.75, 3.05) is 0 Å². The molecule has 0 aliphatic rings. The van der Waals surface area contributed by atoms with Crippen molar-refractivity contribution in [2.45, 2.75) is 24.8 Å². The van der Waals surface area contributed by atoms with E-state index in [-0.39, 0.29) is 5.56 Å². The Labute approximate surface area is 109 Å². The Kier molecular flexibility index (Phi) is 5.13. The van der Waals surface area contributed by atoms with E-state index in [2.05, 4.69) is 20.7 Å². The Morgan fingerprint density at radius 3 is 2.33 bits per heavy atom. The van der Waals surface area contributed by atoms with E-state index in [1.807, 2.05) is 0 Å². The highest BCUT2D eigenvalue weighted by Crippen LogP contribution is 2.34. The number of hydrogen-bond donors (Lipinski definition) is 0. The number of ketones is 1. The van der Waals surface area contributed by atoms with Gasteiger partial charge in [-0.05, 0) is 19.1 Å². The molecule has 1 rings (SSSR count). The summed E-state index contributed by atoms with van der Waals surface area (Å²) in [6, 6.07) is 3.31. The first-order valence-corrected chi connectivity index (χ1v) is 5.80. The third kappa shape index (κ3) is 3.44. The first kappa shape index (κ1) is 14.9. The zero-order valence-corrected chi connectivity index (χ0v) is 10.8. The quantitative estimate of drug-likeness (QED) is 0.460. The maximum Gasteiger partial charge on any atom is 0.387 e. The molecule has 1 aromatic rings. The fraction of sp³-hybridized carbons (Fsp3) is 0.364. The number of ether oxygens (including phenoxy) is 1. The fourth-order valence-corrected chi connectivity index (χ4v) is 1.60. The average molecular weight is 329 g/mol. The van der Waals surface area contributed by atoms with Gasteiger partial charge >= 0.3 is 6.61 Å². The van der Waals surface area contributed by atoms with Crippen LogP contribution >= 0.6 is 15.9 Å². The summed E-state index contributed by atoms with van der Waals surface area (Å²) in [6.07, 6.45) is -3.00. The molecule has 0 heterocycles. The summed E-state index contributed by atoms with van der Waals surface area (Å²) in [5.41, 5.74) is -1.02. The zero-order valence-electron chi connectivity index (χ0n) is 9.17. The van der Waals surface area contributed by atoms with E-state index in [1.165, 1.54) is 19.1 Å². The van der Waals surface area contributed by atoms with Crippen molar-refractivity contribution >= 4 is 21.7 Å². The van der Waals surface area contributed by atoms with Gasteiger partial charge in [0.05, 0.1) is 16.0 Å². The lowest BCUT2D eigenvalue weighted by atomic mass is 10.0. The number of halogens is 5. The molecular formula is C11H9BrF4O2. The molecule has 100 valence electrons. The molecule has 1 aromatic carbocycles. The Hall–Kier alpha value is -1.11. The van der Waals surface area contributed by atoms with Gasteiger partial charge < -0.3 is 4.74 Å². The van der Waals surface area contributed by atoms with Gasteiger partial charge in [0.25, 0.3) is 6.43 Å². The van der Waals surface area contributed by atoms with Crippen LogP contribution in [0.15, 0.2) is 18.2 Å². The largest absolute Gasteiger partial charge is 0.434 e. The molecular weight excluding hydrogens is 320 g/mol. The molecule has 0 aromatic heterocycles. The van der Waals surface area contributed by atoms with Crippen LogP contribution in [0.25, 0.3) is 0 Å². The smallest absolute Gasteiger partial charge is 0.387 e. The van der Waals surface area contributed by atoms with Crippen LogP contribution in [-0.4, -0.2) is 17.2 Å². The van der Waals surface area contributed by atoms with Crippen molar-refractivity contribution in [1.82, 2.24) is 0 Å². The molecule has 7 heteroatoms. The summed E-state index contributed by atoms with van der Waals surface area (Å²) in [5, 5.41) is 0. The van der Waals surface area contributed by atoms with Gasteiger partial charge in [0.2, 0.25) is 0 Å². The van der Waals surface area contributed by atoms with Crippen LogP contribution in [0.1, 0.15) is 29.3 Å². The maximum absolute atomic E-state index is 12.7. The normalized spacial score (nSPS) is 12.9. The summed E-state index contributed by atoms with van der Waals surface area (Å²) in [7, 11) is 0. The van der Waals surface area contributed by atoms with Crippen LogP contribution in [0.4, 0.5) is 17.6 Å². The lowest BCUT2D eigenvalue weighted by Gasteiger charge is -2.14. The van der Waals surface area contributed by atoms with E-state index in [4.69, 9.17) is 0 Å². The van der Waals surface area contributed by atoms with Gasteiger partial charge in [-0.2, -0.15) is 8.78 Å². The fourth-order valence-electron chi connectivity index (χ4n) is 1.36. The van der Waals surface area contributed by atoms with Crippen LogP contribution in [0.3, 0.4) is 0 Å². The molecule has 0 fully saturated rings. The van der Waals surface area contributed by atoms with Crippen LogP contribution < -0.4 is 4.74 Å². The molecule has 1 unspecified atom stereocenters. The van der Waals surface area contributed by atoms with E-state index >= 15 is 0 Å². The third-order valence-corrected chi connectivity index (χ3v) is 2.53. The second-order valence-corrected chi connectivity index (χ2v) is 4.76. The van der Waals surface area contributed by atoms with Gasteiger partial charge in [-0.25, -0.2) is 8.78 Å². The topological polar surface area (TPSA) is 26.3 Å². The highest BCUT2D eigenvalue weighted by atomic mass is 79.9. The number of rotatable bonds is 5. The van der Waals surface area contributed by atoms with E-state index in [0.717, 1.165) is 6.07 Å². The lowest BCUT2D eigenvalue weighted by molar-refractivity contribution is -0.0522. The molecule has 0 saturated heterocycles. The van der Waals surface area contributed by atoms with E-state index < -0.39 is 35.0 Å². The molecule has 0 spiro atoms. The van der Waals surface area contributed by atoms with Crippen molar-refractivity contribution in [3.8, 4) is 5.75 Å². The summed E-state index contributed by atoms with van der Waals surface area (Å²) >= 11 is 2.96. The molecule has 0 amide bonds. The number of carbonyl (C=O) groups is 1.